The van der Waals surface area contributed by atoms with Gasteiger partial charge in [-0.05, 0) is 24.1 Å². The minimum absolute atomic E-state index is 0.0295. The molecule has 4 heteroatoms. The van der Waals surface area contributed by atoms with Crippen LogP contribution in [0.1, 0.15) is 12.0 Å². The smallest absolute Gasteiger partial charge is 0.250 e. The van der Waals surface area contributed by atoms with Crippen molar-refractivity contribution in [2.45, 2.75) is 12.8 Å². The van der Waals surface area contributed by atoms with E-state index >= 15 is 0 Å². The molecule has 0 spiro atoms. The number of amides is 1. The molecule has 0 bridgehead atoms. The molecule has 0 radical (unpaired) electrons. The third-order valence-electron chi connectivity index (χ3n) is 2.32. The van der Waals surface area contributed by atoms with Crippen LogP contribution in [0, 0.1) is 0 Å². The summed E-state index contributed by atoms with van der Waals surface area (Å²) in [5, 5.41) is 10.5. The number of hydrogen-bond donors (Lipinski definition) is 1. The fourth-order valence-corrected chi connectivity index (χ4v) is 1.52. The minimum atomic E-state index is -0.0295. The molecular weight excluding hydrogens is 194 g/mol. The van der Waals surface area contributed by atoms with Crippen molar-refractivity contribution in [2.75, 3.05) is 13.2 Å². The summed E-state index contributed by atoms with van der Waals surface area (Å²) >= 11 is 0. The van der Waals surface area contributed by atoms with Crippen molar-refractivity contribution >= 4 is 5.91 Å². The summed E-state index contributed by atoms with van der Waals surface area (Å²) in [5.74, 6) is 0.182. The molecule has 0 atom stereocenters. The Morgan fingerprint density at radius 3 is 2.73 bits per heavy atom. The molecular formula is C11H13NO3. The molecule has 4 nitrogen and oxygen atoms in total. The van der Waals surface area contributed by atoms with Crippen molar-refractivity contribution in [3.63, 3.8) is 0 Å². The van der Waals surface area contributed by atoms with Gasteiger partial charge in [-0.1, -0.05) is 12.1 Å². The van der Waals surface area contributed by atoms with E-state index in [1.807, 2.05) is 0 Å². The molecule has 1 saturated heterocycles. The highest BCUT2D eigenvalue weighted by Gasteiger charge is 2.19. The van der Waals surface area contributed by atoms with Gasteiger partial charge in [-0.3, -0.25) is 9.63 Å². The molecule has 2 rings (SSSR count). The van der Waals surface area contributed by atoms with Crippen LogP contribution in [0.4, 0.5) is 0 Å². The Hall–Kier alpha value is -1.55. The standard InChI is InChI=1S/C11H13NO3/c13-10-4-2-9(3-5-10)8-11(14)12-6-1-7-15-12/h2-5,13H,1,6-8H2. The third kappa shape index (κ3) is 2.47. The first kappa shape index (κ1) is 9.98. The summed E-state index contributed by atoms with van der Waals surface area (Å²) in [7, 11) is 0. The van der Waals surface area contributed by atoms with E-state index in [9.17, 15) is 4.79 Å². The van der Waals surface area contributed by atoms with Crippen LogP contribution in [0.5, 0.6) is 5.75 Å². The molecule has 0 aromatic heterocycles. The number of hydroxylamine groups is 2. The molecule has 15 heavy (non-hydrogen) atoms. The van der Waals surface area contributed by atoms with E-state index in [-0.39, 0.29) is 11.7 Å². The van der Waals surface area contributed by atoms with E-state index < -0.39 is 0 Å². The predicted octanol–water partition coefficient (Wildman–Crippen LogP) is 1.10. The van der Waals surface area contributed by atoms with E-state index in [4.69, 9.17) is 9.94 Å². The maximum atomic E-state index is 11.6. The second-order valence-corrected chi connectivity index (χ2v) is 3.53. The predicted molar refractivity (Wildman–Crippen MR) is 54.1 cm³/mol. The first-order chi connectivity index (χ1) is 7.25. The van der Waals surface area contributed by atoms with Crippen molar-refractivity contribution in [3.05, 3.63) is 29.8 Å². The summed E-state index contributed by atoms with van der Waals surface area (Å²) in [4.78, 5) is 16.8. The van der Waals surface area contributed by atoms with Crippen LogP contribution < -0.4 is 0 Å². The van der Waals surface area contributed by atoms with Gasteiger partial charge in [-0.25, -0.2) is 5.06 Å². The fraction of sp³-hybridized carbons (Fsp3) is 0.364. The Balaban J connectivity index is 1.96. The lowest BCUT2D eigenvalue weighted by molar-refractivity contribution is -0.167. The van der Waals surface area contributed by atoms with Gasteiger partial charge in [0.25, 0.3) is 5.91 Å². The lowest BCUT2D eigenvalue weighted by Crippen LogP contribution is -2.27. The van der Waals surface area contributed by atoms with Crippen molar-refractivity contribution in [1.82, 2.24) is 5.06 Å². The zero-order chi connectivity index (χ0) is 10.7. The largest absolute Gasteiger partial charge is 0.508 e. The van der Waals surface area contributed by atoms with Gasteiger partial charge in [-0.2, -0.15) is 0 Å². The molecule has 0 unspecified atom stereocenters. The maximum Gasteiger partial charge on any atom is 0.250 e. The highest BCUT2D eigenvalue weighted by atomic mass is 16.7. The van der Waals surface area contributed by atoms with Gasteiger partial charge < -0.3 is 5.11 Å². The molecule has 1 amide bonds. The monoisotopic (exact) mass is 207 g/mol. The summed E-state index contributed by atoms with van der Waals surface area (Å²) in [6, 6.07) is 6.63. The lowest BCUT2D eigenvalue weighted by atomic mass is 10.1. The van der Waals surface area contributed by atoms with Crippen molar-refractivity contribution in [1.29, 1.82) is 0 Å². The molecule has 1 aromatic rings. The number of benzene rings is 1. The number of aromatic hydroxyl groups is 1. The van der Waals surface area contributed by atoms with Crippen LogP contribution in [0.25, 0.3) is 0 Å². The molecule has 0 aliphatic carbocycles. The number of hydrogen-bond acceptors (Lipinski definition) is 3. The van der Waals surface area contributed by atoms with Crippen molar-refractivity contribution in [2.24, 2.45) is 0 Å². The number of phenolic OH excluding ortho intramolecular Hbond substituents is 1. The van der Waals surface area contributed by atoms with Gasteiger partial charge >= 0.3 is 0 Å². The van der Waals surface area contributed by atoms with Crippen LogP contribution >= 0.6 is 0 Å². The topological polar surface area (TPSA) is 49.8 Å². The van der Waals surface area contributed by atoms with Gasteiger partial charge in [-0.15, -0.1) is 0 Å². The van der Waals surface area contributed by atoms with E-state index in [0.29, 0.717) is 19.6 Å². The average molecular weight is 207 g/mol. The first-order valence-electron chi connectivity index (χ1n) is 4.97. The highest BCUT2D eigenvalue weighted by molar-refractivity contribution is 5.77. The number of nitrogens with zero attached hydrogens (tertiary/aromatic N) is 1. The SMILES string of the molecule is O=C(Cc1ccc(O)cc1)N1CCCO1. The number of carbonyl (C=O) groups excluding carboxylic acids is 1. The van der Waals surface area contributed by atoms with Gasteiger partial charge in [0.1, 0.15) is 5.75 Å². The Morgan fingerprint density at radius 1 is 1.40 bits per heavy atom. The second-order valence-electron chi connectivity index (χ2n) is 3.53. The van der Waals surface area contributed by atoms with Crippen LogP contribution in [-0.2, 0) is 16.1 Å². The average Bonchev–Trinajstić information content (AvgIpc) is 2.74. The minimum Gasteiger partial charge on any atom is -0.508 e. The molecule has 1 aliphatic heterocycles. The molecule has 80 valence electrons. The van der Waals surface area contributed by atoms with Crippen LogP contribution in [0.3, 0.4) is 0 Å². The zero-order valence-corrected chi connectivity index (χ0v) is 8.35. The molecule has 1 heterocycles. The number of phenols is 1. The van der Waals surface area contributed by atoms with Crippen LogP contribution in [0.2, 0.25) is 0 Å². The third-order valence-corrected chi connectivity index (χ3v) is 2.32. The quantitative estimate of drug-likeness (QED) is 0.790. The lowest BCUT2D eigenvalue weighted by Gasteiger charge is -2.13. The molecule has 1 fully saturated rings. The number of carbonyl (C=O) groups is 1. The van der Waals surface area contributed by atoms with Crippen molar-refractivity contribution < 1.29 is 14.7 Å². The molecule has 1 aliphatic rings. The summed E-state index contributed by atoms with van der Waals surface area (Å²) in [5.41, 5.74) is 0.883. The van der Waals surface area contributed by atoms with E-state index in [1.54, 1.807) is 24.3 Å². The summed E-state index contributed by atoms with van der Waals surface area (Å²) < 4.78 is 0. The first-order valence-corrected chi connectivity index (χ1v) is 4.97. The maximum absolute atomic E-state index is 11.6. The molecule has 1 N–H and O–H groups in total. The normalized spacial score (nSPS) is 15.6. The molecule has 0 saturated carbocycles. The summed E-state index contributed by atoms with van der Waals surface area (Å²) in [6.45, 7) is 1.30. The Labute approximate surface area is 88.0 Å². The van der Waals surface area contributed by atoms with Crippen LogP contribution in [-0.4, -0.2) is 29.2 Å². The second kappa shape index (κ2) is 4.31. The Bertz CT molecular complexity index is 341. The molecule has 1 aromatic carbocycles. The fourth-order valence-electron chi connectivity index (χ4n) is 1.52. The van der Waals surface area contributed by atoms with E-state index in [0.717, 1.165) is 12.0 Å². The van der Waals surface area contributed by atoms with Gasteiger partial charge in [0, 0.05) is 0 Å². The van der Waals surface area contributed by atoms with E-state index in [1.165, 1.54) is 5.06 Å². The number of rotatable bonds is 2. The highest BCUT2D eigenvalue weighted by Crippen LogP contribution is 2.12. The van der Waals surface area contributed by atoms with Gasteiger partial charge in [0.15, 0.2) is 0 Å². The van der Waals surface area contributed by atoms with Crippen LogP contribution in [0.15, 0.2) is 24.3 Å². The van der Waals surface area contributed by atoms with Crippen molar-refractivity contribution in [3.8, 4) is 5.75 Å². The Morgan fingerprint density at radius 2 is 2.13 bits per heavy atom. The van der Waals surface area contributed by atoms with Gasteiger partial charge in [0.05, 0.1) is 19.6 Å². The zero-order valence-electron chi connectivity index (χ0n) is 8.35. The van der Waals surface area contributed by atoms with E-state index in [2.05, 4.69) is 0 Å². The van der Waals surface area contributed by atoms with Gasteiger partial charge in [0.2, 0.25) is 0 Å². The summed E-state index contributed by atoms with van der Waals surface area (Å²) in [6.07, 6.45) is 1.22. The Kier molecular flexibility index (Phi) is 2.87.